The van der Waals surface area contributed by atoms with Crippen molar-refractivity contribution >= 4 is 5.91 Å². The second kappa shape index (κ2) is 5.40. The first-order valence-corrected chi connectivity index (χ1v) is 6.85. The molecule has 1 fully saturated rings. The highest BCUT2D eigenvalue weighted by molar-refractivity contribution is 5.94. The van der Waals surface area contributed by atoms with Crippen LogP contribution >= 0.6 is 0 Å². The van der Waals surface area contributed by atoms with Crippen LogP contribution in [0.2, 0.25) is 0 Å². The molecule has 0 spiro atoms. The molecule has 1 aliphatic rings. The molecule has 0 saturated carbocycles. The lowest BCUT2D eigenvalue weighted by molar-refractivity contribution is 0.0600. The van der Waals surface area contributed by atoms with Gasteiger partial charge in [0.25, 0.3) is 5.91 Å². The van der Waals surface area contributed by atoms with Gasteiger partial charge in [-0.15, -0.1) is 0 Å². The Hall–Kier alpha value is -2.24. The molecule has 2 aromatic heterocycles. The standard InChI is InChI=1S/C14H17N5O/c1-10-16-13(18-17-10)12-4-2-3-9-19(12)14(20)11-5-7-15-8-6-11/h5-8,12H,2-4,9H2,1H3,(H,16,17,18). The Kier molecular flexibility index (Phi) is 3.45. The van der Waals surface area contributed by atoms with Gasteiger partial charge in [0.15, 0.2) is 5.82 Å². The topological polar surface area (TPSA) is 74.8 Å². The molecular formula is C14H17N5O. The summed E-state index contributed by atoms with van der Waals surface area (Å²) in [4.78, 5) is 22.8. The van der Waals surface area contributed by atoms with E-state index in [9.17, 15) is 4.79 Å². The van der Waals surface area contributed by atoms with Crippen LogP contribution in [0.5, 0.6) is 0 Å². The minimum Gasteiger partial charge on any atom is -0.328 e. The van der Waals surface area contributed by atoms with E-state index in [1.54, 1.807) is 24.5 Å². The molecule has 20 heavy (non-hydrogen) atoms. The highest BCUT2D eigenvalue weighted by Crippen LogP contribution is 2.30. The molecule has 1 amide bonds. The van der Waals surface area contributed by atoms with Gasteiger partial charge in [0.2, 0.25) is 0 Å². The number of hydrogen-bond donors (Lipinski definition) is 1. The van der Waals surface area contributed by atoms with Gasteiger partial charge in [0, 0.05) is 24.5 Å². The van der Waals surface area contributed by atoms with Crippen molar-refractivity contribution in [3.63, 3.8) is 0 Å². The largest absolute Gasteiger partial charge is 0.328 e. The Labute approximate surface area is 117 Å². The second-order valence-electron chi connectivity index (χ2n) is 5.03. The van der Waals surface area contributed by atoms with Crippen LogP contribution in [0, 0.1) is 6.92 Å². The van der Waals surface area contributed by atoms with Gasteiger partial charge < -0.3 is 4.90 Å². The first kappa shape index (κ1) is 12.8. The van der Waals surface area contributed by atoms with Gasteiger partial charge in [-0.1, -0.05) is 0 Å². The van der Waals surface area contributed by atoms with Crippen LogP contribution in [-0.4, -0.2) is 37.5 Å². The van der Waals surface area contributed by atoms with Crippen LogP contribution in [0.25, 0.3) is 0 Å². The number of pyridine rings is 1. The predicted molar refractivity (Wildman–Crippen MR) is 73.0 cm³/mol. The minimum absolute atomic E-state index is 0.0274. The summed E-state index contributed by atoms with van der Waals surface area (Å²) in [6, 6.07) is 3.46. The highest BCUT2D eigenvalue weighted by Gasteiger charge is 2.31. The maximum atomic E-state index is 12.6. The summed E-state index contributed by atoms with van der Waals surface area (Å²) in [6.07, 6.45) is 6.31. The summed E-state index contributed by atoms with van der Waals surface area (Å²) in [5.41, 5.74) is 0.666. The summed E-state index contributed by atoms with van der Waals surface area (Å²) >= 11 is 0. The summed E-state index contributed by atoms with van der Waals surface area (Å²) in [6.45, 7) is 2.62. The number of nitrogens with one attached hydrogen (secondary N) is 1. The number of rotatable bonds is 2. The van der Waals surface area contributed by atoms with E-state index in [1.165, 1.54) is 0 Å². The molecule has 1 atom stereocenters. The van der Waals surface area contributed by atoms with Crippen molar-refractivity contribution < 1.29 is 4.79 Å². The number of H-pyrrole nitrogens is 1. The van der Waals surface area contributed by atoms with E-state index in [0.717, 1.165) is 31.6 Å². The third-order valence-corrected chi connectivity index (χ3v) is 3.60. The van der Waals surface area contributed by atoms with E-state index >= 15 is 0 Å². The quantitative estimate of drug-likeness (QED) is 0.904. The Morgan fingerprint density at radius 1 is 1.35 bits per heavy atom. The molecule has 3 rings (SSSR count). The molecule has 0 aliphatic carbocycles. The molecule has 3 heterocycles. The fourth-order valence-corrected chi connectivity index (χ4v) is 2.61. The monoisotopic (exact) mass is 271 g/mol. The summed E-state index contributed by atoms with van der Waals surface area (Å²) in [7, 11) is 0. The third-order valence-electron chi connectivity index (χ3n) is 3.60. The van der Waals surface area contributed by atoms with Crippen LogP contribution in [0.3, 0.4) is 0 Å². The van der Waals surface area contributed by atoms with Crippen LogP contribution in [0.4, 0.5) is 0 Å². The van der Waals surface area contributed by atoms with E-state index in [4.69, 9.17) is 0 Å². The molecule has 0 radical (unpaired) electrons. The fourth-order valence-electron chi connectivity index (χ4n) is 2.61. The maximum Gasteiger partial charge on any atom is 0.254 e. The molecule has 1 unspecified atom stereocenters. The number of aryl methyl sites for hydroxylation is 1. The second-order valence-corrected chi connectivity index (χ2v) is 5.03. The van der Waals surface area contributed by atoms with Gasteiger partial charge >= 0.3 is 0 Å². The van der Waals surface area contributed by atoms with Gasteiger partial charge in [-0.25, -0.2) is 4.98 Å². The summed E-state index contributed by atoms with van der Waals surface area (Å²) in [5.74, 6) is 1.52. The molecule has 0 aromatic carbocycles. The van der Waals surface area contributed by atoms with Crippen molar-refractivity contribution in [2.75, 3.05) is 6.54 Å². The number of carbonyl (C=O) groups is 1. The molecule has 6 heteroatoms. The highest BCUT2D eigenvalue weighted by atomic mass is 16.2. The molecule has 104 valence electrons. The van der Waals surface area contributed by atoms with Crippen molar-refractivity contribution in [1.29, 1.82) is 0 Å². The summed E-state index contributed by atoms with van der Waals surface area (Å²) < 4.78 is 0. The lowest BCUT2D eigenvalue weighted by Gasteiger charge is -2.34. The Morgan fingerprint density at radius 2 is 2.15 bits per heavy atom. The Balaban J connectivity index is 1.87. The Bertz CT molecular complexity index is 595. The molecule has 1 aliphatic heterocycles. The maximum absolute atomic E-state index is 12.6. The van der Waals surface area contributed by atoms with Crippen LogP contribution in [-0.2, 0) is 0 Å². The average molecular weight is 271 g/mol. The van der Waals surface area contributed by atoms with Gasteiger partial charge in [0.05, 0.1) is 6.04 Å². The minimum atomic E-state index is -0.0330. The zero-order chi connectivity index (χ0) is 13.9. The van der Waals surface area contributed by atoms with Gasteiger partial charge in [-0.3, -0.25) is 14.9 Å². The van der Waals surface area contributed by atoms with Crippen molar-refractivity contribution in [3.05, 3.63) is 41.7 Å². The van der Waals surface area contributed by atoms with Crippen molar-refractivity contribution in [3.8, 4) is 0 Å². The number of hydrogen-bond acceptors (Lipinski definition) is 4. The first-order chi connectivity index (χ1) is 9.75. The van der Waals surface area contributed by atoms with Crippen LogP contribution < -0.4 is 0 Å². The zero-order valence-corrected chi connectivity index (χ0v) is 11.4. The van der Waals surface area contributed by atoms with E-state index in [1.807, 2.05) is 11.8 Å². The van der Waals surface area contributed by atoms with Crippen molar-refractivity contribution in [1.82, 2.24) is 25.1 Å². The van der Waals surface area contributed by atoms with Crippen LogP contribution in [0.15, 0.2) is 24.5 Å². The Morgan fingerprint density at radius 3 is 2.85 bits per heavy atom. The molecule has 1 N–H and O–H groups in total. The normalized spacial score (nSPS) is 19.1. The molecule has 2 aromatic rings. The number of amides is 1. The van der Waals surface area contributed by atoms with Gasteiger partial charge in [0.1, 0.15) is 5.82 Å². The lowest BCUT2D eigenvalue weighted by atomic mass is 10.0. The number of nitrogens with zero attached hydrogens (tertiary/aromatic N) is 4. The van der Waals surface area contributed by atoms with Gasteiger partial charge in [-0.2, -0.15) is 5.10 Å². The van der Waals surface area contributed by atoms with Gasteiger partial charge in [-0.05, 0) is 38.3 Å². The average Bonchev–Trinajstić information content (AvgIpc) is 2.94. The zero-order valence-electron chi connectivity index (χ0n) is 11.4. The molecule has 6 nitrogen and oxygen atoms in total. The van der Waals surface area contributed by atoms with Crippen molar-refractivity contribution in [2.45, 2.75) is 32.2 Å². The van der Waals surface area contributed by atoms with E-state index in [0.29, 0.717) is 11.4 Å². The number of aromatic amines is 1. The van der Waals surface area contributed by atoms with E-state index < -0.39 is 0 Å². The third kappa shape index (κ3) is 2.41. The fraction of sp³-hybridized carbons (Fsp3) is 0.429. The lowest BCUT2D eigenvalue weighted by Crippen LogP contribution is -2.39. The first-order valence-electron chi connectivity index (χ1n) is 6.85. The molecular weight excluding hydrogens is 254 g/mol. The SMILES string of the molecule is Cc1nc(C2CCCCN2C(=O)c2ccncc2)n[nH]1. The predicted octanol–water partition coefficient (Wildman–Crippen LogP) is 1.88. The van der Waals surface area contributed by atoms with E-state index in [2.05, 4.69) is 20.2 Å². The number of piperidine rings is 1. The summed E-state index contributed by atoms with van der Waals surface area (Å²) in [5, 5.41) is 7.08. The van der Waals surface area contributed by atoms with Crippen molar-refractivity contribution in [2.24, 2.45) is 0 Å². The van der Waals surface area contributed by atoms with Crippen LogP contribution in [0.1, 0.15) is 47.3 Å². The van der Waals surface area contributed by atoms with E-state index in [-0.39, 0.29) is 11.9 Å². The smallest absolute Gasteiger partial charge is 0.254 e. The molecule has 0 bridgehead atoms. The number of carbonyl (C=O) groups excluding carboxylic acids is 1. The number of aromatic nitrogens is 4. The number of likely N-dealkylation sites (tertiary alicyclic amines) is 1. The molecule has 1 saturated heterocycles.